The fourth-order valence-electron chi connectivity index (χ4n) is 3.00. The number of rotatable bonds is 2. The summed E-state index contributed by atoms with van der Waals surface area (Å²) in [5.41, 5.74) is 12.7. The number of halogens is 2. The number of piperazine rings is 1. The molecule has 0 unspecified atom stereocenters. The van der Waals surface area contributed by atoms with E-state index in [0.29, 0.717) is 11.9 Å². The highest BCUT2D eigenvalue weighted by molar-refractivity contribution is 5.85. The molecule has 9 heteroatoms. The van der Waals surface area contributed by atoms with Crippen LogP contribution < -0.4 is 16.4 Å². The topological polar surface area (TPSA) is 101 Å². The molecule has 1 aromatic heterocycles. The van der Waals surface area contributed by atoms with E-state index in [1.165, 1.54) is 0 Å². The van der Waals surface area contributed by atoms with Crippen LogP contribution in [0.3, 0.4) is 0 Å². The molecule has 2 fully saturated rings. The highest BCUT2D eigenvalue weighted by atomic mass is 35.5. The molecule has 0 atom stereocenters. The van der Waals surface area contributed by atoms with Crippen molar-refractivity contribution in [3.8, 4) is 0 Å². The molecule has 3 rings (SSSR count). The summed E-state index contributed by atoms with van der Waals surface area (Å²) in [6, 6.07) is 2.31. The van der Waals surface area contributed by atoms with Crippen molar-refractivity contribution in [2.75, 3.05) is 36.8 Å². The zero-order chi connectivity index (χ0) is 15.0. The molecule has 1 aromatic rings. The largest absolute Gasteiger partial charge is 0.368 e. The van der Waals surface area contributed by atoms with Gasteiger partial charge in [-0.25, -0.2) is 4.98 Å². The van der Waals surface area contributed by atoms with Crippen LogP contribution >= 0.6 is 24.8 Å². The summed E-state index contributed by atoms with van der Waals surface area (Å²) in [4.78, 5) is 24.1. The maximum Gasteiger partial charge on any atom is 0.222 e. The van der Waals surface area contributed by atoms with Crippen molar-refractivity contribution >= 4 is 42.5 Å². The Kier molecular flexibility index (Phi) is 6.85. The van der Waals surface area contributed by atoms with E-state index in [4.69, 9.17) is 11.5 Å². The first kappa shape index (κ1) is 19.7. The van der Waals surface area contributed by atoms with Gasteiger partial charge in [0, 0.05) is 51.1 Å². The molecule has 2 aliphatic rings. The van der Waals surface area contributed by atoms with E-state index in [9.17, 15) is 4.79 Å². The minimum Gasteiger partial charge on any atom is -0.368 e. The van der Waals surface area contributed by atoms with Gasteiger partial charge in [0.2, 0.25) is 11.9 Å². The molecule has 130 valence electrons. The van der Waals surface area contributed by atoms with Crippen LogP contribution in [-0.2, 0) is 4.79 Å². The van der Waals surface area contributed by atoms with Gasteiger partial charge in [-0.05, 0) is 12.8 Å². The number of aromatic nitrogens is 2. The summed E-state index contributed by atoms with van der Waals surface area (Å²) in [5.74, 6) is 1.71. The van der Waals surface area contributed by atoms with Crippen molar-refractivity contribution in [3.63, 3.8) is 0 Å². The summed E-state index contributed by atoms with van der Waals surface area (Å²) in [6.45, 7) is 4.61. The van der Waals surface area contributed by atoms with E-state index < -0.39 is 0 Å². The number of nitrogen functional groups attached to an aromatic ring is 1. The summed E-state index contributed by atoms with van der Waals surface area (Å²) in [6.07, 6.45) is 1.93. The van der Waals surface area contributed by atoms with Crippen LogP contribution in [0.25, 0.3) is 0 Å². The third-order valence-corrected chi connectivity index (χ3v) is 4.39. The maximum atomic E-state index is 11.4. The molecule has 1 saturated heterocycles. The van der Waals surface area contributed by atoms with E-state index in [1.54, 1.807) is 6.92 Å². The van der Waals surface area contributed by atoms with Crippen LogP contribution in [0.4, 0.5) is 11.8 Å². The summed E-state index contributed by atoms with van der Waals surface area (Å²) in [7, 11) is 0. The van der Waals surface area contributed by atoms with Gasteiger partial charge in [0.05, 0.1) is 5.69 Å². The van der Waals surface area contributed by atoms with Crippen molar-refractivity contribution in [3.05, 3.63) is 11.8 Å². The maximum absolute atomic E-state index is 11.4. The number of carbonyl (C=O) groups is 1. The number of hydrogen-bond acceptors (Lipinski definition) is 6. The van der Waals surface area contributed by atoms with Gasteiger partial charge < -0.3 is 21.3 Å². The SMILES string of the molecule is CC(=O)N1CCN(c2cc(C3CC(N)C3)nc(N)n2)CC1.Cl.Cl. The highest BCUT2D eigenvalue weighted by Crippen LogP contribution is 2.35. The Morgan fingerprint density at radius 3 is 2.30 bits per heavy atom. The van der Waals surface area contributed by atoms with Gasteiger partial charge in [0.15, 0.2) is 0 Å². The van der Waals surface area contributed by atoms with Crippen LogP contribution in [0, 0.1) is 0 Å². The lowest BCUT2D eigenvalue weighted by atomic mass is 9.78. The van der Waals surface area contributed by atoms with Crippen molar-refractivity contribution in [2.24, 2.45) is 5.73 Å². The van der Waals surface area contributed by atoms with Crippen molar-refractivity contribution in [1.29, 1.82) is 0 Å². The Morgan fingerprint density at radius 2 is 1.78 bits per heavy atom. The van der Waals surface area contributed by atoms with Gasteiger partial charge in [0.1, 0.15) is 5.82 Å². The van der Waals surface area contributed by atoms with E-state index in [2.05, 4.69) is 14.9 Å². The smallest absolute Gasteiger partial charge is 0.222 e. The molecule has 1 aliphatic carbocycles. The van der Waals surface area contributed by atoms with E-state index >= 15 is 0 Å². The van der Waals surface area contributed by atoms with E-state index in [1.807, 2.05) is 11.0 Å². The monoisotopic (exact) mass is 362 g/mol. The molecule has 23 heavy (non-hydrogen) atoms. The molecule has 0 spiro atoms. The molecule has 1 saturated carbocycles. The Labute approximate surface area is 148 Å². The van der Waals surface area contributed by atoms with Crippen LogP contribution in [0.1, 0.15) is 31.4 Å². The Morgan fingerprint density at radius 1 is 1.17 bits per heavy atom. The van der Waals surface area contributed by atoms with Crippen LogP contribution in [0.2, 0.25) is 0 Å². The molecule has 7 nitrogen and oxygen atoms in total. The van der Waals surface area contributed by atoms with Gasteiger partial charge in [-0.1, -0.05) is 0 Å². The predicted molar refractivity (Wildman–Crippen MR) is 95.4 cm³/mol. The molecular formula is C14H24Cl2N6O. The summed E-state index contributed by atoms with van der Waals surface area (Å²) >= 11 is 0. The number of amides is 1. The Hall–Kier alpha value is -1.31. The molecule has 2 heterocycles. The normalized spacial score (nSPS) is 23.4. The minimum atomic E-state index is 0. The molecule has 1 amide bonds. The zero-order valence-electron chi connectivity index (χ0n) is 13.1. The summed E-state index contributed by atoms with van der Waals surface area (Å²) < 4.78 is 0. The fraction of sp³-hybridized carbons (Fsp3) is 0.643. The summed E-state index contributed by atoms with van der Waals surface area (Å²) in [5, 5.41) is 0. The average Bonchev–Trinajstić information content (AvgIpc) is 2.43. The Balaban J connectivity index is 0.00000132. The molecule has 4 N–H and O–H groups in total. The van der Waals surface area contributed by atoms with E-state index in [0.717, 1.165) is 50.5 Å². The van der Waals surface area contributed by atoms with E-state index in [-0.39, 0.29) is 36.8 Å². The molecule has 0 aromatic carbocycles. The van der Waals surface area contributed by atoms with Crippen LogP contribution in [-0.4, -0.2) is 53.0 Å². The predicted octanol–water partition coefficient (Wildman–Crippen LogP) is 0.776. The number of carbonyl (C=O) groups excluding carboxylic acids is 1. The number of nitrogens with zero attached hydrogens (tertiary/aromatic N) is 4. The van der Waals surface area contributed by atoms with Gasteiger partial charge in [-0.2, -0.15) is 4.98 Å². The third-order valence-electron chi connectivity index (χ3n) is 4.39. The third kappa shape index (κ3) is 4.37. The zero-order valence-corrected chi connectivity index (χ0v) is 14.8. The standard InChI is InChI=1S/C14H22N6O.2ClH/c1-9(21)19-2-4-20(5-3-19)13-8-12(17-14(16)18-13)10-6-11(15)7-10;;/h8,10-11H,2-7,15H2,1H3,(H2,16,17,18);2*1H. The van der Waals surface area contributed by atoms with Crippen molar-refractivity contribution in [1.82, 2.24) is 14.9 Å². The van der Waals surface area contributed by atoms with Crippen molar-refractivity contribution < 1.29 is 4.79 Å². The second kappa shape index (κ2) is 7.99. The number of nitrogens with two attached hydrogens (primary N) is 2. The lowest BCUT2D eigenvalue weighted by Crippen LogP contribution is -2.48. The second-order valence-electron chi connectivity index (χ2n) is 5.93. The van der Waals surface area contributed by atoms with Crippen LogP contribution in [0.15, 0.2) is 6.07 Å². The first-order chi connectivity index (χ1) is 10.0. The molecule has 0 bridgehead atoms. The molecule has 0 radical (unpaired) electrons. The number of anilines is 2. The average molecular weight is 363 g/mol. The van der Waals surface area contributed by atoms with Crippen LogP contribution in [0.5, 0.6) is 0 Å². The second-order valence-corrected chi connectivity index (χ2v) is 5.93. The lowest BCUT2D eigenvalue weighted by molar-refractivity contribution is -0.129. The van der Waals surface area contributed by atoms with Gasteiger partial charge in [-0.15, -0.1) is 24.8 Å². The lowest BCUT2D eigenvalue weighted by Gasteiger charge is -2.36. The molecular weight excluding hydrogens is 339 g/mol. The fourth-order valence-corrected chi connectivity index (χ4v) is 3.00. The van der Waals surface area contributed by atoms with Gasteiger partial charge in [0.25, 0.3) is 0 Å². The quantitative estimate of drug-likeness (QED) is 0.805. The highest BCUT2D eigenvalue weighted by Gasteiger charge is 2.30. The molecule has 1 aliphatic heterocycles. The van der Waals surface area contributed by atoms with Gasteiger partial charge >= 0.3 is 0 Å². The van der Waals surface area contributed by atoms with Crippen molar-refractivity contribution in [2.45, 2.75) is 31.7 Å². The minimum absolute atomic E-state index is 0. The Bertz CT molecular complexity index is 544. The first-order valence-electron chi connectivity index (χ1n) is 7.43. The van der Waals surface area contributed by atoms with Gasteiger partial charge in [-0.3, -0.25) is 4.79 Å². The number of hydrogen-bond donors (Lipinski definition) is 2. The first-order valence-corrected chi connectivity index (χ1v) is 7.43.